The van der Waals surface area contributed by atoms with Crippen LogP contribution in [0.3, 0.4) is 0 Å². The number of aromatic amines is 1. The predicted molar refractivity (Wildman–Crippen MR) is 67.4 cm³/mol. The van der Waals surface area contributed by atoms with Crippen molar-refractivity contribution in [2.75, 3.05) is 14.2 Å². The number of H-pyrrole nitrogens is 1. The van der Waals surface area contributed by atoms with E-state index in [1.807, 2.05) is 6.07 Å². The molecule has 0 bridgehead atoms. The quantitative estimate of drug-likeness (QED) is 0.665. The normalized spacial score (nSPS) is 11.0. The number of methoxy groups -OCH3 is 2. The molecule has 1 aromatic carbocycles. The largest absolute Gasteiger partial charge is 0.493 e. The van der Waals surface area contributed by atoms with Crippen LogP contribution in [0.15, 0.2) is 24.5 Å². The molecule has 2 rings (SSSR count). The van der Waals surface area contributed by atoms with E-state index >= 15 is 0 Å². The minimum atomic E-state index is -0.508. The van der Waals surface area contributed by atoms with E-state index in [4.69, 9.17) is 9.47 Å². The summed E-state index contributed by atoms with van der Waals surface area (Å²) in [6.45, 7) is 0. The monoisotopic (exact) mass is 248 g/mol. The highest BCUT2D eigenvalue weighted by Crippen LogP contribution is 2.37. The molecule has 0 aliphatic heterocycles. The zero-order valence-corrected chi connectivity index (χ0v) is 9.97. The van der Waals surface area contributed by atoms with Gasteiger partial charge in [0.05, 0.1) is 30.0 Å². The summed E-state index contributed by atoms with van der Waals surface area (Å²) in [5.41, 5.74) is 1.51. The predicted octanol–water partition coefficient (Wildman–Crippen LogP) is 2.43. The Hall–Kier alpha value is -2.50. The number of fused-ring (bicyclic) bond motifs is 1. The number of hydrogen-bond donors (Lipinski definition) is 1. The van der Waals surface area contributed by atoms with Gasteiger partial charge in [-0.2, -0.15) is 0 Å². The molecule has 0 amide bonds. The molecule has 0 aliphatic rings. The van der Waals surface area contributed by atoms with Crippen molar-refractivity contribution < 1.29 is 14.4 Å². The third kappa shape index (κ3) is 2.00. The fraction of sp³-hybridized carbons (Fsp3) is 0.167. The van der Waals surface area contributed by atoms with Crippen molar-refractivity contribution in [1.29, 1.82) is 0 Å². The summed E-state index contributed by atoms with van der Waals surface area (Å²) in [4.78, 5) is 12.9. The molecule has 6 heteroatoms. The summed E-state index contributed by atoms with van der Waals surface area (Å²) in [5.74, 6) is 1.14. The second kappa shape index (κ2) is 4.79. The third-order valence-corrected chi connectivity index (χ3v) is 2.59. The van der Waals surface area contributed by atoms with Gasteiger partial charge < -0.3 is 14.5 Å². The van der Waals surface area contributed by atoms with Gasteiger partial charge in [-0.1, -0.05) is 0 Å². The molecule has 0 fully saturated rings. The number of nitrogens with one attached hydrogen (secondary N) is 1. The van der Waals surface area contributed by atoms with E-state index in [0.29, 0.717) is 17.1 Å². The van der Waals surface area contributed by atoms with Crippen molar-refractivity contribution in [2.24, 2.45) is 0 Å². The van der Waals surface area contributed by atoms with Gasteiger partial charge in [-0.05, 0) is 12.1 Å². The van der Waals surface area contributed by atoms with Gasteiger partial charge >= 0.3 is 0 Å². The Labute approximate surface area is 103 Å². The van der Waals surface area contributed by atoms with Crippen LogP contribution in [-0.4, -0.2) is 24.1 Å². The molecule has 0 spiro atoms. The summed E-state index contributed by atoms with van der Waals surface area (Å²) in [6, 6.07) is 3.61. The van der Waals surface area contributed by atoms with Crippen LogP contribution in [0.2, 0.25) is 0 Å². The number of rotatable bonds is 4. The number of ether oxygens (including phenoxy) is 2. The number of benzene rings is 1. The molecule has 0 saturated heterocycles. The van der Waals surface area contributed by atoms with Crippen molar-refractivity contribution in [1.82, 2.24) is 4.98 Å². The van der Waals surface area contributed by atoms with E-state index in [1.54, 1.807) is 19.4 Å². The van der Waals surface area contributed by atoms with Crippen molar-refractivity contribution in [3.05, 3.63) is 40.2 Å². The van der Waals surface area contributed by atoms with E-state index in [-0.39, 0.29) is 0 Å². The van der Waals surface area contributed by atoms with Crippen LogP contribution in [0, 0.1) is 10.1 Å². The van der Waals surface area contributed by atoms with Crippen LogP contribution < -0.4 is 9.47 Å². The standard InChI is InChI=1S/C12H12N2O4/c1-17-10-4-3-9-11(12(10)18-2)8(7-13-9)5-6-14(15)16/h3-7,13H,1-2H3. The summed E-state index contributed by atoms with van der Waals surface area (Å²) in [5, 5.41) is 11.1. The third-order valence-electron chi connectivity index (χ3n) is 2.59. The summed E-state index contributed by atoms with van der Waals surface area (Å²) in [7, 11) is 3.08. The van der Waals surface area contributed by atoms with Gasteiger partial charge in [-0.3, -0.25) is 10.1 Å². The summed E-state index contributed by atoms with van der Waals surface area (Å²) >= 11 is 0. The van der Waals surface area contributed by atoms with Crippen molar-refractivity contribution in [3.63, 3.8) is 0 Å². The lowest BCUT2D eigenvalue weighted by atomic mass is 10.1. The van der Waals surface area contributed by atoms with E-state index < -0.39 is 4.92 Å². The van der Waals surface area contributed by atoms with Crippen molar-refractivity contribution >= 4 is 17.0 Å². The molecule has 0 aliphatic carbocycles. The number of nitro groups is 1. The van der Waals surface area contributed by atoms with Crippen molar-refractivity contribution in [3.8, 4) is 11.5 Å². The zero-order valence-electron chi connectivity index (χ0n) is 9.97. The molecule has 94 valence electrons. The lowest BCUT2D eigenvalue weighted by Crippen LogP contribution is -1.91. The SMILES string of the molecule is COc1ccc2[nH]cc(C=C[N+](=O)[O-])c2c1OC. The molecule has 1 aromatic heterocycles. The second-order valence-electron chi connectivity index (χ2n) is 3.57. The molecule has 0 unspecified atom stereocenters. The van der Waals surface area contributed by atoms with Gasteiger partial charge in [0.15, 0.2) is 11.5 Å². The molecule has 18 heavy (non-hydrogen) atoms. The zero-order chi connectivity index (χ0) is 13.1. The van der Waals surface area contributed by atoms with E-state index in [1.165, 1.54) is 13.2 Å². The highest BCUT2D eigenvalue weighted by molar-refractivity contribution is 5.95. The first-order valence-electron chi connectivity index (χ1n) is 5.21. The molecule has 6 nitrogen and oxygen atoms in total. The molecular formula is C12H12N2O4. The lowest BCUT2D eigenvalue weighted by molar-refractivity contribution is -0.400. The molecule has 0 radical (unpaired) electrons. The maximum absolute atomic E-state index is 10.4. The Morgan fingerprint density at radius 3 is 2.72 bits per heavy atom. The van der Waals surface area contributed by atoms with Gasteiger partial charge in [0, 0.05) is 17.8 Å². The molecule has 1 N–H and O–H groups in total. The topological polar surface area (TPSA) is 77.4 Å². The number of hydrogen-bond acceptors (Lipinski definition) is 4. The average molecular weight is 248 g/mol. The molecule has 1 heterocycles. The maximum Gasteiger partial charge on any atom is 0.235 e. The maximum atomic E-state index is 10.4. The van der Waals surface area contributed by atoms with Gasteiger partial charge in [-0.15, -0.1) is 0 Å². The van der Waals surface area contributed by atoms with E-state index in [9.17, 15) is 10.1 Å². The Bertz CT molecular complexity index is 616. The van der Waals surface area contributed by atoms with E-state index in [0.717, 1.165) is 17.1 Å². The van der Waals surface area contributed by atoms with Gasteiger partial charge in [0.25, 0.3) is 0 Å². The first-order chi connectivity index (χ1) is 8.67. The molecule has 2 aromatic rings. The Morgan fingerprint density at radius 2 is 2.11 bits per heavy atom. The van der Waals surface area contributed by atoms with E-state index in [2.05, 4.69) is 4.98 Å². The van der Waals surface area contributed by atoms with Crippen LogP contribution in [0.5, 0.6) is 11.5 Å². The molecular weight excluding hydrogens is 236 g/mol. The first-order valence-corrected chi connectivity index (χ1v) is 5.21. The minimum Gasteiger partial charge on any atom is -0.493 e. The number of aromatic nitrogens is 1. The molecule has 0 atom stereocenters. The van der Waals surface area contributed by atoms with Crippen LogP contribution in [-0.2, 0) is 0 Å². The highest BCUT2D eigenvalue weighted by Gasteiger charge is 2.13. The van der Waals surface area contributed by atoms with Crippen LogP contribution in [0.25, 0.3) is 17.0 Å². The van der Waals surface area contributed by atoms with Crippen LogP contribution in [0.1, 0.15) is 5.56 Å². The van der Waals surface area contributed by atoms with Crippen LogP contribution in [0.4, 0.5) is 0 Å². The van der Waals surface area contributed by atoms with Crippen molar-refractivity contribution in [2.45, 2.75) is 0 Å². The highest BCUT2D eigenvalue weighted by atomic mass is 16.6. The Balaban J connectivity index is 2.65. The summed E-state index contributed by atoms with van der Waals surface area (Å²) in [6.07, 6.45) is 3.99. The average Bonchev–Trinajstić information content (AvgIpc) is 2.78. The van der Waals surface area contributed by atoms with Gasteiger partial charge in [0.1, 0.15) is 0 Å². The summed E-state index contributed by atoms with van der Waals surface area (Å²) < 4.78 is 10.5. The fourth-order valence-corrected chi connectivity index (χ4v) is 1.83. The Morgan fingerprint density at radius 1 is 1.33 bits per heavy atom. The van der Waals surface area contributed by atoms with Gasteiger partial charge in [-0.25, -0.2) is 0 Å². The lowest BCUT2D eigenvalue weighted by Gasteiger charge is -2.08. The van der Waals surface area contributed by atoms with Crippen LogP contribution >= 0.6 is 0 Å². The second-order valence-corrected chi connectivity index (χ2v) is 3.57. The first kappa shape index (κ1) is 12.0. The molecule has 0 saturated carbocycles. The smallest absolute Gasteiger partial charge is 0.235 e. The Kier molecular flexibility index (Phi) is 3.18. The van der Waals surface area contributed by atoms with Gasteiger partial charge in [0.2, 0.25) is 6.20 Å². The number of nitrogens with zero attached hydrogens (tertiary/aromatic N) is 1. The fourth-order valence-electron chi connectivity index (χ4n) is 1.83. The minimum absolute atomic E-state index is 0.508.